The van der Waals surface area contributed by atoms with Gasteiger partial charge in [0.15, 0.2) is 5.82 Å². The molecule has 2 amide bonds. The van der Waals surface area contributed by atoms with Crippen LogP contribution in [0.5, 0.6) is 0 Å². The molecule has 0 saturated carbocycles. The van der Waals surface area contributed by atoms with Crippen LogP contribution in [0.2, 0.25) is 0 Å². The number of benzene rings is 1. The minimum absolute atomic E-state index is 0.120. The summed E-state index contributed by atoms with van der Waals surface area (Å²) in [6, 6.07) is 7.08. The summed E-state index contributed by atoms with van der Waals surface area (Å²) < 4.78 is 10.7. The third kappa shape index (κ3) is 4.89. The van der Waals surface area contributed by atoms with Gasteiger partial charge in [0.25, 0.3) is 0 Å². The molecule has 7 nitrogen and oxygen atoms in total. The Balaban J connectivity index is 2.53. The zero-order valence-electron chi connectivity index (χ0n) is 15.4. The average Bonchev–Trinajstić information content (AvgIpc) is 2.44. The fraction of sp³-hybridized carbons (Fsp3) is 0.444. The van der Waals surface area contributed by atoms with Crippen molar-refractivity contribution in [2.75, 3.05) is 4.90 Å². The van der Waals surface area contributed by atoms with Gasteiger partial charge in [-0.3, -0.25) is 0 Å². The van der Waals surface area contributed by atoms with Gasteiger partial charge in [0.05, 0.1) is 5.52 Å². The smallest absolute Gasteiger partial charge is 0.425 e. The van der Waals surface area contributed by atoms with Crippen LogP contribution in [0.1, 0.15) is 41.5 Å². The largest absolute Gasteiger partial charge is 0.443 e. The summed E-state index contributed by atoms with van der Waals surface area (Å²) in [5.41, 5.74) is -0.954. The Morgan fingerprint density at radius 1 is 0.880 bits per heavy atom. The number of hydrogen-bond donors (Lipinski definition) is 0. The third-order valence-corrected chi connectivity index (χ3v) is 2.89. The monoisotopic (exact) mass is 345 g/mol. The SMILES string of the molecule is CC(C)(C)OC(=O)N(C(=O)OC(C)(C)C)c1ncnc2ccccc12. The highest BCUT2D eigenvalue weighted by Crippen LogP contribution is 2.26. The lowest BCUT2D eigenvalue weighted by Crippen LogP contribution is -2.44. The Bertz CT molecular complexity index is 757. The first-order valence-corrected chi connectivity index (χ1v) is 7.94. The molecule has 1 heterocycles. The van der Waals surface area contributed by atoms with Crippen LogP contribution in [0.15, 0.2) is 30.6 Å². The minimum atomic E-state index is -0.856. The summed E-state index contributed by atoms with van der Waals surface area (Å²) in [6.45, 7) is 10.3. The summed E-state index contributed by atoms with van der Waals surface area (Å²) >= 11 is 0. The van der Waals surface area contributed by atoms with Crippen molar-refractivity contribution in [1.82, 2.24) is 9.97 Å². The van der Waals surface area contributed by atoms with Crippen molar-refractivity contribution in [3.05, 3.63) is 30.6 Å². The fourth-order valence-corrected chi connectivity index (χ4v) is 2.03. The average molecular weight is 345 g/mol. The summed E-state index contributed by atoms with van der Waals surface area (Å²) in [5.74, 6) is 0.120. The number of fused-ring (bicyclic) bond motifs is 1. The molecule has 0 aliphatic carbocycles. The Morgan fingerprint density at radius 3 is 1.92 bits per heavy atom. The maximum atomic E-state index is 12.7. The van der Waals surface area contributed by atoms with Crippen molar-refractivity contribution in [3.8, 4) is 0 Å². The van der Waals surface area contributed by atoms with Gasteiger partial charge in [0, 0.05) is 5.39 Å². The standard InChI is InChI=1S/C18H23N3O4/c1-17(2,3)24-15(22)21(16(23)25-18(4,5)6)14-12-9-7-8-10-13(12)19-11-20-14/h7-11H,1-6H3. The second-order valence-corrected chi connectivity index (χ2v) is 7.51. The fourth-order valence-electron chi connectivity index (χ4n) is 2.03. The van der Waals surface area contributed by atoms with Crippen LogP contribution in [-0.4, -0.2) is 33.4 Å². The highest BCUT2D eigenvalue weighted by atomic mass is 16.6. The number of carbonyl (C=O) groups is 2. The molecule has 0 aliphatic rings. The predicted molar refractivity (Wildman–Crippen MR) is 94.5 cm³/mol. The highest BCUT2D eigenvalue weighted by Gasteiger charge is 2.34. The number of hydrogen-bond acceptors (Lipinski definition) is 6. The van der Waals surface area contributed by atoms with Crippen LogP contribution in [-0.2, 0) is 9.47 Å². The molecule has 7 heteroatoms. The van der Waals surface area contributed by atoms with Crippen molar-refractivity contribution in [3.63, 3.8) is 0 Å². The molecule has 1 aromatic carbocycles. The van der Waals surface area contributed by atoms with Crippen molar-refractivity contribution >= 4 is 28.9 Å². The molecule has 0 atom stereocenters. The van der Waals surface area contributed by atoms with E-state index in [1.54, 1.807) is 59.7 Å². The molecular formula is C18H23N3O4. The van der Waals surface area contributed by atoms with Crippen LogP contribution in [0.25, 0.3) is 10.9 Å². The van der Waals surface area contributed by atoms with E-state index in [-0.39, 0.29) is 5.82 Å². The maximum absolute atomic E-state index is 12.7. The van der Waals surface area contributed by atoms with Gasteiger partial charge >= 0.3 is 12.2 Å². The number of anilines is 1. The molecule has 0 unspecified atom stereocenters. The lowest BCUT2D eigenvalue weighted by molar-refractivity contribution is 0.0429. The van der Waals surface area contributed by atoms with E-state index >= 15 is 0 Å². The molecular weight excluding hydrogens is 322 g/mol. The van der Waals surface area contributed by atoms with Crippen LogP contribution in [0, 0.1) is 0 Å². The number of imide groups is 1. The summed E-state index contributed by atoms with van der Waals surface area (Å²) in [4.78, 5) is 34.4. The lowest BCUT2D eigenvalue weighted by Gasteiger charge is -2.28. The van der Waals surface area contributed by atoms with Crippen molar-refractivity contribution in [2.24, 2.45) is 0 Å². The number of para-hydroxylation sites is 1. The topological polar surface area (TPSA) is 81.6 Å². The zero-order chi connectivity index (χ0) is 18.8. The second-order valence-electron chi connectivity index (χ2n) is 7.51. The van der Waals surface area contributed by atoms with Gasteiger partial charge in [-0.1, -0.05) is 12.1 Å². The minimum Gasteiger partial charge on any atom is -0.443 e. The molecule has 0 bridgehead atoms. The zero-order valence-corrected chi connectivity index (χ0v) is 15.4. The van der Waals surface area contributed by atoms with Crippen molar-refractivity contribution < 1.29 is 19.1 Å². The van der Waals surface area contributed by atoms with E-state index in [4.69, 9.17) is 9.47 Å². The van der Waals surface area contributed by atoms with E-state index in [1.807, 2.05) is 6.07 Å². The van der Waals surface area contributed by atoms with Gasteiger partial charge in [-0.05, 0) is 53.7 Å². The summed E-state index contributed by atoms with van der Waals surface area (Å²) in [7, 11) is 0. The van der Waals surface area contributed by atoms with Gasteiger partial charge in [-0.25, -0.2) is 19.6 Å². The van der Waals surface area contributed by atoms with E-state index in [2.05, 4.69) is 9.97 Å². The molecule has 134 valence electrons. The van der Waals surface area contributed by atoms with Crippen LogP contribution >= 0.6 is 0 Å². The van der Waals surface area contributed by atoms with Crippen molar-refractivity contribution in [1.29, 1.82) is 0 Å². The number of carbonyl (C=O) groups excluding carboxylic acids is 2. The normalized spacial score (nSPS) is 11.9. The Kier molecular flexibility index (Phi) is 4.97. The molecule has 0 radical (unpaired) electrons. The molecule has 1 aromatic heterocycles. The Labute approximate surface area is 147 Å². The highest BCUT2D eigenvalue weighted by molar-refractivity contribution is 6.13. The van der Waals surface area contributed by atoms with Gasteiger partial charge in [-0.2, -0.15) is 4.90 Å². The van der Waals surface area contributed by atoms with Crippen molar-refractivity contribution in [2.45, 2.75) is 52.7 Å². The van der Waals surface area contributed by atoms with E-state index in [0.717, 1.165) is 4.90 Å². The molecule has 2 rings (SSSR count). The number of aromatic nitrogens is 2. The van der Waals surface area contributed by atoms with Crippen LogP contribution in [0.3, 0.4) is 0 Å². The third-order valence-electron chi connectivity index (χ3n) is 2.89. The Hall–Kier alpha value is -2.70. The van der Waals surface area contributed by atoms with E-state index in [0.29, 0.717) is 10.9 Å². The molecule has 25 heavy (non-hydrogen) atoms. The van der Waals surface area contributed by atoms with Gasteiger partial charge < -0.3 is 9.47 Å². The maximum Gasteiger partial charge on any atom is 0.425 e. The molecule has 0 N–H and O–H groups in total. The summed E-state index contributed by atoms with van der Waals surface area (Å²) in [5, 5.41) is 0.543. The van der Waals surface area contributed by atoms with E-state index in [9.17, 15) is 9.59 Å². The van der Waals surface area contributed by atoms with Gasteiger partial charge in [0.1, 0.15) is 17.5 Å². The second kappa shape index (κ2) is 6.66. The molecule has 0 spiro atoms. The van der Waals surface area contributed by atoms with E-state index in [1.165, 1.54) is 6.33 Å². The summed E-state index contributed by atoms with van der Waals surface area (Å²) in [6.07, 6.45) is -0.421. The number of ether oxygens (including phenoxy) is 2. The first kappa shape index (κ1) is 18.6. The molecule has 2 aromatic rings. The van der Waals surface area contributed by atoms with Gasteiger partial charge in [-0.15, -0.1) is 0 Å². The Morgan fingerprint density at radius 2 is 1.40 bits per heavy atom. The first-order valence-electron chi connectivity index (χ1n) is 7.94. The lowest BCUT2D eigenvalue weighted by atomic mass is 10.2. The number of nitrogens with zero attached hydrogens (tertiary/aromatic N) is 3. The van der Waals surface area contributed by atoms with E-state index < -0.39 is 23.4 Å². The predicted octanol–water partition coefficient (Wildman–Crippen LogP) is 4.31. The first-order chi connectivity index (χ1) is 11.5. The molecule has 0 aliphatic heterocycles. The van der Waals surface area contributed by atoms with Crippen LogP contribution < -0.4 is 4.90 Å². The van der Waals surface area contributed by atoms with Gasteiger partial charge in [0.2, 0.25) is 0 Å². The van der Waals surface area contributed by atoms with Crippen LogP contribution in [0.4, 0.5) is 15.4 Å². The number of rotatable bonds is 1. The molecule has 0 fully saturated rings. The number of amides is 2. The molecule has 0 saturated heterocycles. The quantitative estimate of drug-likeness (QED) is 0.766.